The second kappa shape index (κ2) is 8.89. The second-order valence-electron chi connectivity index (χ2n) is 7.50. The molecule has 0 aliphatic carbocycles. The minimum absolute atomic E-state index is 0.0208. The Morgan fingerprint density at radius 1 is 1.03 bits per heavy atom. The number of nitrogens with zero attached hydrogens (tertiary/aromatic N) is 1. The first-order chi connectivity index (χ1) is 15.4. The van der Waals surface area contributed by atoms with Gasteiger partial charge in [0, 0.05) is 11.3 Å². The van der Waals surface area contributed by atoms with Crippen LogP contribution in [-0.2, 0) is 9.59 Å². The molecule has 1 aliphatic heterocycles. The standard InChI is InChI=1S/C26H22ClNO4/c1-3-32-21-15-18(12-13-20(21)27)24(29)22-23(17-9-5-4-6-10-17)28(26(31)25(22)30)19-11-7-8-16(2)14-19/h4-15,23,29H,3H2,1-2H3/b24-22-. The molecule has 0 bridgehead atoms. The summed E-state index contributed by atoms with van der Waals surface area (Å²) in [6, 6.07) is 20.6. The van der Waals surface area contributed by atoms with E-state index in [-0.39, 0.29) is 11.3 Å². The minimum atomic E-state index is -0.774. The van der Waals surface area contributed by atoms with Crippen molar-refractivity contribution in [1.29, 1.82) is 0 Å². The second-order valence-corrected chi connectivity index (χ2v) is 7.90. The van der Waals surface area contributed by atoms with E-state index in [2.05, 4.69) is 0 Å². The third kappa shape index (κ3) is 3.87. The van der Waals surface area contributed by atoms with Gasteiger partial charge in [0.25, 0.3) is 11.7 Å². The maximum Gasteiger partial charge on any atom is 0.300 e. The van der Waals surface area contributed by atoms with Crippen molar-refractivity contribution in [3.05, 3.63) is 100 Å². The van der Waals surface area contributed by atoms with Crippen LogP contribution < -0.4 is 9.64 Å². The molecule has 0 saturated carbocycles. The molecule has 1 aliphatic rings. The molecule has 1 saturated heterocycles. The van der Waals surface area contributed by atoms with Gasteiger partial charge in [-0.2, -0.15) is 0 Å². The molecule has 1 fully saturated rings. The molecule has 1 heterocycles. The molecule has 4 rings (SSSR count). The maximum atomic E-state index is 13.2. The number of amides is 1. The Kier molecular flexibility index (Phi) is 6.01. The van der Waals surface area contributed by atoms with Gasteiger partial charge in [-0.25, -0.2) is 0 Å². The first kappa shape index (κ1) is 21.7. The highest BCUT2D eigenvalue weighted by atomic mass is 35.5. The fourth-order valence-electron chi connectivity index (χ4n) is 3.90. The van der Waals surface area contributed by atoms with E-state index in [0.29, 0.717) is 34.2 Å². The summed E-state index contributed by atoms with van der Waals surface area (Å²) in [5.74, 6) is -1.32. The van der Waals surface area contributed by atoms with Crippen LogP contribution in [0.4, 0.5) is 5.69 Å². The van der Waals surface area contributed by atoms with Crippen molar-refractivity contribution in [3.8, 4) is 5.75 Å². The van der Waals surface area contributed by atoms with Crippen LogP contribution in [-0.4, -0.2) is 23.4 Å². The molecular weight excluding hydrogens is 426 g/mol. The number of hydrogen-bond donors (Lipinski definition) is 1. The molecule has 1 atom stereocenters. The summed E-state index contributed by atoms with van der Waals surface area (Å²) < 4.78 is 5.53. The normalized spacial score (nSPS) is 17.6. The van der Waals surface area contributed by atoms with Gasteiger partial charge in [0.05, 0.1) is 23.2 Å². The van der Waals surface area contributed by atoms with Gasteiger partial charge < -0.3 is 9.84 Å². The quantitative estimate of drug-likeness (QED) is 0.310. The predicted octanol–water partition coefficient (Wildman–Crippen LogP) is 5.67. The first-order valence-electron chi connectivity index (χ1n) is 10.3. The number of ether oxygens (including phenoxy) is 1. The van der Waals surface area contributed by atoms with E-state index >= 15 is 0 Å². The summed E-state index contributed by atoms with van der Waals surface area (Å²) in [4.78, 5) is 27.8. The summed E-state index contributed by atoms with van der Waals surface area (Å²) in [5, 5.41) is 11.6. The summed E-state index contributed by atoms with van der Waals surface area (Å²) >= 11 is 6.18. The largest absolute Gasteiger partial charge is 0.507 e. The maximum absolute atomic E-state index is 13.2. The lowest BCUT2D eigenvalue weighted by Gasteiger charge is -2.25. The van der Waals surface area contributed by atoms with Gasteiger partial charge >= 0.3 is 0 Å². The Labute approximate surface area is 191 Å². The van der Waals surface area contributed by atoms with Crippen LogP contribution in [0, 0.1) is 6.92 Å². The molecule has 3 aromatic rings. The van der Waals surface area contributed by atoms with Crippen molar-refractivity contribution in [1.82, 2.24) is 0 Å². The number of carbonyl (C=O) groups excluding carboxylic acids is 2. The molecule has 1 N–H and O–H groups in total. The van der Waals surface area contributed by atoms with Crippen LogP contribution in [0.15, 0.2) is 78.4 Å². The number of ketones is 1. The van der Waals surface area contributed by atoms with E-state index in [4.69, 9.17) is 16.3 Å². The molecule has 3 aromatic carbocycles. The molecule has 0 spiro atoms. The summed E-state index contributed by atoms with van der Waals surface area (Å²) in [5.41, 5.74) is 2.63. The van der Waals surface area contributed by atoms with E-state index in [9.17, 15) is 14.7 Å². The lowest BCUT2D eigenvalue weighted by molar-refractivity contribution is -0.132. The van der Waals surface area contributed by atoms with Crippen LogP contribution in [0.1, 0.15) is 29.7 Å². The zero-order valence-electron chi connectivity index (χ0n) is 17.7. The highest BCUT2D eigenvalue weighted by molar-refractivity contribution is 6.51. The molecular formula is C26H22ClNO4. The first-order valence-corrected chi connectivity index (χ1v) is 10.7. The Hall–Kier alpha value is -3.57. The number of carbonyl (C=O) groups is 2. The van der Waals surface area contributed by atoms with Crippen LogP contribution in [0.5, 0.6) is 5.75 Å². The average Bonchev–Trinajstić information content (AvgIpc) is 3.06. The third-order valence-electron chi connectivity index (χ3n) is 5.34. The number of anilines is 1. The smallest absolute Gasteiger partial charge is 0.300 e. The lowest BCUT2D eigenvalue weighted by atomic mass is 9.95. The number of halogens is 1. The lowest BCUT2D eigenvalue weighted by Crippen LogP contribution is -2.29. The van der Waals surface area contributed by atoms with Gasteiger partial charge in [-0.3, -0.25) is 14.5 Å². The van der Waals surface area contributed by atoms with E-state index in [1.54, 1.807) is 24.3 Å². The van der Waals surface area contributed by atoms with Crippen molar-refractivity contribution in [3.63, 3.8) is 0 Å². The number of Topliss-reactive ketones (excluding diaryl/α,β-unsaturated/α-hetero) is 1. The van der Waals surface area contributed by atoms with E-state index in [1.807, 2.05) is 62.4 Å². The molecule has 0 aromatic heterocycles. The number of benzene rings is 3. The molecule has 1 unspecified atom stereocenters. The fraction of sp³-hybridized carbons (Fsp3) is 0.154. The van der Waals surface area contributed by atoms with Crippen molar-refractivity contribution < 1.29 is 19.4 Å². The number of aliphatic hydroxyl groups is 1. The van der Waals surface area contributed by atoms with Gasteiger partial charge in [0.1, 0.15) is 11.5 Å². The third-order valence-corrected chi connectivity index (χ3v) is 5.66. The molecule has 6 heteroatoms. The Balaban J connectivity index is 1.93. The minimum Gasteiger partial charge on any atom is -0.507 e. The summed E-state index contributed by atoms with van der Waals surface area (Å²) in [6.07, 6.45) is 0. The Morgan fingerprint density at radius 3 is 2.47 bits per heavy atom. The van der Waals surface area contributed by atoms with Gasteiger partial charge in [0.15, 0.2) is 0 Å². The number of aliphatic hydroxyl groups excluding tert-OH is 1. The molecule has 32 heavy (non-hydrogen) atoms. The molecule has 0 radical (unpaired) electrons. The van der Waals surface area contributed by atoms with Gasteiger partial charge in [-0.1, -0.05) is 54.1 Å². The van der Waals surface area contributed by atoms with Crippen molar-refractivity contribution in [2.45, 2.75) is 19.9 Å². The Morgan fingerprint density at radius 2 is 1.78 bits per heavy atom. The zero-order valence-corrected chi connectivity index (χ0v) is 18.5. The van der Waals surface area contributed by atoms with Crippen LogP contribution in [0.25, 0.3) is 5.76 Å². The number of rotatable bonds is 5. The highest BCUT2D eigenvalue weighted by Gasteiger charge is 2.46. The van der Waals surface area contributed by atoms with Gasteiger partial charge in [0.2, 0.25) is 0 Å². The molecule has 1 amide bonds. The van der Waals surface area contributed by atoms with E-state index < -0.39 is 17.7 Å². The molecule has 162 valence electrons. The van der Waals surface area contributed by atoms with Crippen LogP contribution in [0.2, 0.25) is 5.02 Å². The van der Waals surface area contributed by atoms with E-state index in [0.717, 1.165) is 5.56 Å². The highest BCUT2D eigenvalue weighted by Crippen LogP contribution is 2.42. The van der Waals surface area contributed by atoms with Gasteiger partial charge in [-0.15, -0.1) is 0 Å². The fourth-order valence-corrected chi connectivity index (χ4v) is 4.07. The summed E-state index contributed by atoms with van der Waals surface area (Å²) in [6.45, 7) is 4.14. The SMILES string of the molecule is CCOc1cc(/C(O)=C2/C(=O)C(=O)N(c3cccc(C)c3)C2c2ccccc2)ccc1Cl. The zero-order chi connectivity index (χ0) is 22.8. The van der Waals surface area contributed by atoms with Gasteiger partial charge in [-0.05, 0) is 55.3 Å². The van der Waals surface area contributed by atoms with Crippen LogP contribution in [0.3, 0.4) is 0 Å². The van der Waals surface area contributed by atoms with Crippen molar-refractivity contribution in [2.75, 3.05) is 11.5 Å². The Bertz CT molecular complexity index is 1220. The van der Waals surface area contributed by atoms with Crippen molar-refractivity contribution >= 4 is 34.7 Å². The van der Waals surface area contributed by atoms with Crippen LogP contribution >= 0.6 is 11.6 Å². The number of aryl methyl sites for hydroxylation is 1. The van der Waals surface area contributed by atoms with E-state index in [1.165, 1.54) is 4.90 Å². The monoisotopic (exact) mass is 447 g/mol. The predicted molar refractivity (Wildman–Crippen MR) is 125 cm³/mol. The molecule has 5 nitrogen and oxygen atoms in total. The topological polar surface area (TPSA) is 66.8 Å². The number of hydrogen-bond acceptors (Lipinski definition) is 4. The summed E-state index contributed by atoms with van der Waals surface area (Å²) in [7, 11) is 0. The van der Waals surface area contributed by atoms with Crippen molar-refractivity contribution in [2.24, 2.45) is 0 Å². The average molecular weight is 448 g/mol.